The highest BCUT2D eigenvalue weighted by Crippen LogP contribution is 2.30. The molecule has 0 heterocycles. The summed E-state index contributed by atoms with van der Waals surface area (Å²) in [6.07, 6.45) is 6.72. The molecule has 2 N–H and O–H groups in total. The molecule has 1 saturated carbocycles. The van der Waals surface area contributed by atoms with Crippen LogP contribution in [0.5, 0.6) is 0 Å². The molecule has 1 rings (SSSR count). The van der Waals surface area contributed by atoms with E-state index in [-0.39, 0.29) is 12.0 Å². The maximum absolute atomic E-state index is 12.3. The average Bonchev–Trinajstić information content (AvgIpc) is 2.32. The fourth-order valence-electron chi connectivity index (χ4n) is 2.74. The smallest absolute Gasteiger partial charge is 0.225 e. The summed E-state index contributed by atoms with van der Waals surface area (Å²) in [5, 5.41) is 0. The van der Waals surface area contributed by atoms with Crippen molar-refractivity contribution < 1.29 is 4.79 Å². The van der Waals surface area contributed by atoms with Crippen molar-refractivity contribution >= 4 is 5.91 Å². The second-order valence-electron chi connectivity index (χ2n) is 5.53. The van der Waals surface area contributed by atoms with Crippen molar-refractivity contribution in [2.45, 2.75) is 58.4 Å². The van der Waals surface area contributed by atoms with Gasteiger partial charge in [-0.3, -0.25) is 4.79 Å². The van der Waals surface area contributed by atoms with Crippen LogP contribution in [0.15, 0.2) is 0 Å². The van der Waals surface area contributed by atoms with Crippen LogP contribution in [0.4, 0.5) is 0 Å². The quantitative estimate of drug-likeness (QED) is 0.750. The Bertz CT molecular complexity index is 242. The van der Waals surface area contributed by atoms with Crippen molar-refractivity contribution in [3.05, 3.63) is 0 Å². The van der Waals surface area contributed by atoms with Crippen LogP contribution >= 0.6 is 0 Å². The molecule has 3 unspecified atom stereocenters. The molecule has 100 valence electrons. The summed E-state index contributed by atoms with van der Waals surface area (Å²) in [5.41, 5.74) is 6.06. The summed E-state index contributed by atoms with van der Waals surface area (Å²) < 4.78 is 0. The molecule has 1 amide bonds. The second kappa shape index (κ2) is 7.00. The lowest BCUT2D eigenvalue weighted by molar-refractivity contribution is -0.137. The zero-order chi connectivity index (χ0) is 12.8. The second-order valence-corrected chi connectivity index (χ2v) is 5.53. The van der Waals surface area contributed by atoms with Gasteiger partial charge in [-0.1, -0.05) is 33.1 Å². The zero-order valence-corrected chi connectivity index (χ0v) is 11.6. The SMILES string of the molecule is CCCCCN(C)C(=O)C1CCCC(N)C1C. The Morgan fingerprint density at radius 1 is 1.35 bits per heavy atom. The van der Waals surface area contributed by atoms with E-state index in [9.17, 15) is 4.79 Å². The molecule has 3 heteroatoms. The number of amides is 1. The number of nitrogens with two attached hydrogens (primary N) is 1. The van der Waals surface area contributed by atoms with Gasteiger partial charge in [0.15, 0.2) is 0 Å². The van der Waals surface area contributed by atoms with Crippen LogP contribution in [0.3, 0.4) is 0 Å². The number of carbonyl (C=O) groups excluding carboxylic acids is 1. The first-order chi connectivity index (χ1) is 8.07. The highest BCUT2D eigenvalue weighted by Gasteiger charge is 2.33. The summed E-state index contributed by atoms with van der Waals surface area (Å²) >= 11 is 0. The fourth-order valence-corrected chi connectivity index (χ4v) is 2.74. The molecule has 0 saturated heterocycles. The van der Waals surface area contributed by atoms with Crippen LogP contribution < -0.4 is 5.73 Å². The van der Waals surface area contributed by atoms with Gasteiger partial charge in [-0.25, -0.2) is 0 Å². The van der Waals surface area contributed by atoms with Crippen molar-refractivity contribution in [3.8, 4) is 0 Å². The first-order valence-electron chi connectivity index (χ1n) is 7.08. The number of unbranched alkanes of at least 4 members (excludes halogenated alkanes) is 2. The van der Waals surface area contributed by atoms with E-state index in [2.05, 4.69) is 13.8 Å². The molecule has 0 aromatic carbocycles. The average molecular weight is 240 g/mol. The molecule has 0 aliphatic heterocycles. The Morgan fingerprint density at radius 3 is 2.71 bits per heavy atom. The molecule has 1 aliphatic carbocycles. The molecule has 1 aliphatic rings. The standard InChI is InChI=1S/C14H28N2O/c1-4-5-6-10-16(3)14(17)12-8-7-9-13(15)11(12)2/h11-13H,4-10,15H2,1-3H3. The lowest BCUT2D eigenvalue weighted by Crippen LogP contribution is -2.45. The minimum Gasteiger partial charge on any atom is -0.346 e. The van der Waals surface area contributed by atoms with Crippen LogP contribution in [0.1, 0.15) is 52.4 Å². The first-order valence-corrected chi connectivity index (χ1v) is 7.08. The third kappa shape index (κ3) is 3.98. The molecule has 3 atom stereocenters. The Hall–Kier alpha value is -0.570. The molecule has 0 spiro atoms. The Balaban J connectivity index is 2.44. The van der Waals surface area contributed by atoms with E-state index in [0.29, 0.717) is 11.8 Å². The van der Waals surface area contributed by atoms with Crippen LogP contribution in [-0.4, -0.2) is 30.4 Å². The van der Waals surface area contributed by atoms with Gasteiger partial charge in [-0.05, 0) is 25.2 Å². The monoisotopic (exact) mass is 240 g/mol. The minimum atomic E-state index is 0.158. The van der Waals surface area contributed by atoms with Gasteiger partial charge in [0.2, 0.25) is 5.91 Å². The number of rotatable bonds is 5. The summed E-state index contributed by atoms with van der Waals surface area (Å²) in [4.78, 5) is 14.2. The van der Waals surface area contributed by atoms with Crippen molar-refractivity contribution in [1.82, 2.24) is 4.90 Å². The first kappa shape index (κ1) is 14.5. The van der Waals surface area contributed by atoms with Crippen molar-refractivity contribution in [2.24, 2.45) is 17.6 Å². The number of hydrogen-bond acceptors (Lipinski definition) is 2. The molecule has 0 radical (unpaired) electrons. The summed E-state index contributed by atoms with van der Waals surface area (Å²) in [7, 11) is 1.94. The summed E-state index contributed by atoms with van der Waals surface area (Å²) in [5.74, 6) is 0.805. The normalized spacial score (nSPS) is 29.1. The largest absolute Gasteiger partial charge is 0.346 e. The third-order valence-electron chi connectivity index (χ3n) is 4.15. The Morgan fingerprint density at radius 2 is 2.06 bits per heavy atom. The molecule has 0 aromatic rings. The lowest BCUT2D eigenvalue weighted by Gasteiger charge is -2.35. The molecule has 0 aromatic heterocycles. The van der Waals surface area contributed by atoms with E-state index in [1.807, 2.05) is 11.9 Å². The van der Waals surface area contributed by atoms with Crippen LogP contribution in [0, 0.1) is 11.8 Å². The Labute approximate surface area is 106 Å². The third-order valence-corrected chi connectivity index (χ3v) is 4.15. The van der Waals surface area contributed by atoms with Gasteiger partial charge in [0.05, 0.1) is 0 Å². The summed E-state index contributed by atoms with van der Waals surface area (Å²) in [6, 6.07) is 0.210. The number of nitrogens with zero attached hydrogens (tertiary/aromatic N) is 1. The lowest BCUT2D eigenvalue weighted by atomic mass is 9.76. The van der Waals surface area contributed by atoms with E-state index in [1.54, 1.807) is 0 Å². The van der Waals surface area contributed by atoms with Crippen molar-refractivity contribution in [2.75, 3.05) is 13.6 Å². The van der Waals surface area contributed by atoms with Gasteiger partial charge in [-0.2, -0.15) is 0 Å². The maximum atomic E-state index is 12.3. The number of carbonyl (C=O) groups is 1. The van der Waals surface area contributed by atoms with Gasteiger partial charge < -0.3 is 10.6 Å². The van der Waals surface area contributed by atoms with E-state index in [1.165, 1.54) is 12.8 Å². The highest BCUT2D eigenvalue weighted by atomic mass is 16.2. The molecular formula is C14H28N2O. The van der Waals surface area contributed by atoms with Crippen molar-refractivity contribution in [1.29, 1.82) is 0 Å². The molecule has 17 heavy (non-hydrogen) atoms. The molecular weight excluding hydrogens is 212 g/mol. The van der Waals surface area contributed by atoms with Gasteiger partial charge in [0, 0.05) is 25.6 Å². The summed E-state index contributed by atoms with van der Waals surface area (Å²) in [6.45, 7) is 5.21. The fraction of sp³-hybridized carbons (Fsp3) is 0.929. The Kier molecular flexibility index (Phi) is 5.96. The molecule has 3 nitrogen and oxygen atoms in total. The van der Waals surface area contributed by atoms with Crippen LogP contribution in [-0.2, 0) is 4.79 Å². The predicted octanol–water partition coefficient (Wildman–Crippen LogP) is 2.40. The van der Waals surface area contributed by atoms with Gasteiger partial charge in [-0.15, -0.1) is 0 Å². The van der Waals surface area contributed by atoms with Gasteiger partial charge in [0.1, 0.15) is 0 Å². The number of hydrogen-bond donors (Lipinski definition) is 1. The van der Waals surface area contributed by atoms with E-state index < -0.39 is 0 Å². The minimum absolute atomic E-state index is 0.158. The van der Waals surface area contributed by atoms with Crippen molar-refractivity contribution in [3.63, 3.8) is 0 Å². The topological polar surface area (TPSA) is 46.3 Å². The van der Waals surface area contributed by atoms with E-state index in [4.69, 9.17) is 5.73 Å². The maximum Gasteiger partial charge on any atom is 0.225 e. The predicted molar refractivity (Wildman–Crippen MR) is 71.6 cm³/mol. The highest BCUT2D eigenvalue weighted by molar-refractivity contribution is 5.79. The van der Waals surface area contributed by atoms with Gasteiger partial charge in [0.25, 0.3) is 0 Å². The molecule has 1 fully saturated rings. The van der Waals surface area contributed by atoms with Crippen LogP contribution in [0.2, 0.25) is 0 Å². The zero-order valence-electron chi connectivity index (χ0n) is 11.6. The van der Waals surface area contributed by atoms with Crippen LogP contribution in [0.25, 0.3) is 0 Å². The van der Waals surface area contributed by atoms with E-state index >= 15 is 0 Å². The van der Waals surface area contributed by atoms with Gasteiger partial charge >= 0.3 is 0 Å². The van der Waals surface area contributed by atoms with E-state index in [0.717, 1.165) is 32.2 Å². The molecule has 0 bridgehead atoms.